The predicted octanol–water partition coefficient (Wildman–Crippen LogP) is 3.49. The van der Waals surface area contributed by atoms with Crippen LogP contribution in [0.2, 0.25) is 0 Å². The number of hydrogen-bond donors (Lipinski definition) is 0. The maximum absolute atomic E-state index is 13.5. The van der Waals surface area contributed by atoms with Crippen molar-refractivity contribution < 1.29 is 4.39 Å². The molecule has 0 atom stereocenters. The van der Waals surface area contributed by atoms with Gasteiger partial charge in [-0.2, -0.15) is 5.26 Å². The van der Waals surface area contributed by atoms with E-state index in [1.807, 2.05) is 12.3 Å². The van der Waals surface area contributed by atoms with Crippen LogP contribution in [0, 0.1) is 17.1 Å². The van der Waals surface area contributed by atoms with Crippen LogP contribution in [0.4, 0.5) is 4.39 Å². The molecule has 1 aromatic carbocycles. The van der Waals surface area contributed by atoms with E-state index in [-0.39, 0.29) is 5.82 Å². The van der Waals surface area contributed by atoms with E-state index < -0.39 is 5.41 Å². The third-order valence-corrected chi connectivity index (χ3v) is 3.90. The van der Waals surface area contributed by atoms with Gasteiger partial charge in [0.05, 0.1) is 11.5 Å². The van der Waals surface area contributed by atoms with Crippen LogP contribution in [0.15, 0.2) is 23.1 Å². The molecule has 0 aliphatic heterocycles. The Bertz CT molecular complexity index is 418. The lowest BCUT2D eigenvalue weighted by atomic mass is 9.65. The third kappa shape index (κ3) is 1.63. The highest BCUT2D eigenvalue weighted by molar-refractivity contribution is 7.98. The third-order valence-electron chi connectivity index (χ3n) is 3.13. The molecule has 2 rings (SSSR count). The number of nitrogens with zero attached hydrogens (tertiary/aromatic N) is 1. The highest BCUT2D eigenvalue weighted by atomic mass is 32.2. The molecule has 0 bridgehead atoms. The molecule has 0 radical (unpaired) electrons. The summed E-state index contributed by atoms with van der Waals surface area (Å²) in [6.07, 6.45) is 4.64. The van der Waals surface area contributed by atoms with E-state index in [0.717, 1.165) is 24.8 Å². The van der Waals surface area contributed by atoms with Gasteiger partial charge in [-0.15, -0.1) is 11.8 Å². The van der Waals surface area contributed by atoms with Gasteiger partial charge >= 0.3 is 0 Å². The molecule has 1 nitrogen and oxygen atoms in total. The molecule has 0 saturated heterocycles. The van der Waals surface area contributed by atoms with E-state index in [1.54, 1.807) is 6.07 Å². The van der Waals surface area contributed by atoms with Gasteiger partial charge in [-0.05, 0) is 43.2 Å². The zero-order chi connectivity index (χ0) is 10.9. The van der Waals surface area contributed by atoms with Crippen molar-refractivity contribution in [1.82, 2.24) is 0 Å². The topological polar surface area (TPSA) is 23.8 Å². The van der Waals surface area contributed by atoms with Gasteiger partial charge in [-0.1, -0.05) is 6.07 Å². The minimum absolute atomic E-state index is 0.207. The normalized spacial score (nSPS) is 17.9. The molecule has 0 aromatic heterocycles. The fraction of sp³-hybridized carbons (Fsp3) is 0.417. The monoisotopic (exact) mass is 221 g/mol. The highest BCUT2D eigenvalue weighted by Crippen LogP contribution is 2.43. The smallest absolute Gasteiger partial charge is 0.137 e. The Hall–Kier alpha value is -1.01. The van der Waals surface area contributed by atoms with Crippen LogP contribution < -0.4 is 0 Å². The fourth-order valence-electron chi connectivity index (χ4n) is 1.96. The van der Waals surface area contributed by atoms with E-state index in [4.69, 9.17) is 5.26 Å². The molecule has 0 N–H and O–H groups in total. The largest absolute Gasteiger partial charge is 0.206 e. The summed E-state index contributed by atoms with van der Waals surface area (Å²) in [6.45, 7) is 0. The van der Waals surface area contributed by atoms with Crippen molar-refractivity contribution in [2.45, 2.75) is 29.6 Å². The Morgan fingerprint density at radius 3 is 2.60 bits per heavy atom. The standard InChI is InChI=1S/C12H12FNS/c1-15-11-4-3-9(7-10(11)13)12(8-14)5-2-6-12/h3-4,7H,2,5-6H2,1H3. The van der Waals surface area contributed by atoms with Crippen molar-refractivity contribution in [3.05, 3.63) is 29.6 Å². The summed E-state index contributed by atoms with van der Waals surface area (Å²) in [4.78, 5) is 0.645. The van der Waals surface area contributed by atoms with Crippen molar-refractivity contribution in [2.75, 3.05) is 6.26 Å². The van der Waals surface area contributed by atoms with Crippen LogP contribution in [0.3, 0.4) is 0 Å². The molecule has 3 heteroatoms. The first kappa shape index (κ1) is 10.5. The number of thioether (sulfide) groups is 1. The molecule has 0 spiro atoms. The molecule has 15 heavy (non-hydrogen) atoms. The van der Waals surface area contributed by atoms with E-state index in [1.165, 1.54) is 17.8 Å². The van der Waals surface area contributed by atoms with Crippen LogP contribution in [-0.4, -0.2) is 6.26 Å². The maximum Gasteiger partial charge on any atom is 0.137 e. The predicted molar refractivity (Wildman–Crippen MR) is 59.3 cm³/mol. The van der Waals surface area contributed by atoms with Crippen LogP contribution in [-0.2, 0) is 5.41 Å². The Balaban J connectivity index is 2.38. The summed E-state index contributed by atoms with van der Waals surface area (Å²) in [7, 11) is 0. The summed E-state index contributed by atoms with van der Waals surface area (Å²) >= 11 is 1.39. The molecule has 0 unspecified atom stereocenters. The average molecular weight is 221 g/mol. The molecule has 0 heterocycles. The number of rotatable bonds is 2. The second-order valence-corrected chi connectivity index (χ2v) is 4.74. The molecular formula is C12H12FNS. The molecule has 78 valence electrons. The molecule has 1 saturated carbocycles. The van der Waals surface area contributed by atoms with E-state index in [0.29, 0.717) is 4.90 Å². The lowest BCUT2D eigenvalue weighted by Gasteiger charge is -2.35. The summed E-state index contributed by atoms with van der Waals surface area (Å²) in [5.74, 6) is -0.207. The summed E-state index contributed by atoms with van der Waals surface area (Å²) < 4.78 is 13.5. The molecule has 1 aliphatic carbocycles. The Morgan fingerprint density at radius 2 is 2.20 bits per heavy atom. The Labute approximate surface area is 93.3 Å². The first-order chi connectivity index (χ1) is 7.22. The van der Waals surface area contributed by atoms with Gasteiger partial charge in [0.1, 0.15) is 5.82 Å². The maximum atomic E-state index is 13.5. The van der Waals surface area contributed by atoms with Crippen LogP contribution >= 0.6 is 11.8 Å². The van der Waals surface area contributed by atoms with Crippen LogP contribution in [0.1, 0.15) is 24.8 Å². The average Bonchev–Trinajstić information content (AvgIpc) is 2.17. The lowest BCUT2D eigenvalue weighted by molar-refractivity contribution is 0.322. The van der Waals surface area contributed by atoms with Crippen molar-refractivity contribution in [3.8, 4) is 6.07 Å². The van der Waals surface area contributed by atoms with E-state index in [9.17, 15) is 4.39 Å². The Morgan fingerprint density at radius 1 is 1.47 bits per heavy atom. The van der Waals surface area contributed by atoms with Crippen molar-refractivity contribution >= 4 is 11.8 Å². The number of halogens is 1. The molecule has 1 aliphatic rings. The zero-order valence-corrected chi connectivity index (χ0v) is 9.40. The SMILES string of the molecule is CSc1ccc(C2(C#N)CCC2)cc1F. The number of hydrogen-bond acceptors (Lipinski definition) is 2. The van der Waals surface area contributed by atoms with Crippen molar-refractivity contribution in [1.29, 1.82) is 5.26 Å². The number of benzene rings is 1. The second-order valence-electron chi connectivity index (χ2n) is 3.90. The summed E-state index contributed by atoms with van der Waals surface area (Å²) in [5.41, 5.74) is 0.434. The van der Waals surface area contributed by atoms with Gasteiger partial charge < -0.3 is 0 Å². The summed E-state index contributed by atoms with van der Waals surface area (Å²) in [5, 5.41) is 9.13. The van der Waals surface area contributed by atoms with Gasteiger partial charge in [-0.25, -0.2) is 4.39 Å². The summed E-state index contributed by atoms with van der Waals surface area (Å²) in [6, 6.07) is 7.50. The molecule has 1 aromatic rings. The molecular weight excluding hydrogens is 209 g/mol. The van der Waals surface area contributed by atoms with Crippen LogP contribution in [0.25, 0.3) is 0 Å². The number of nitriles is 1. The van der Waals surface area contributed by atoms with E-state index in [2.05, 4.69) is 6.07 Å². The highest BCUT2D eigenvalue weighted by Gasteiger charge is 2.39. The quantitative estimate of drug-likeness (QED) is 0.714. The molecule has 0 amide bonds. The van der Waals surface area contributed by atoms with Gasteiger partial charge in [0.2, 0.25) is 0 Å². The van der Waals surface area contributed by atoms with Crippen molar-refractivity contribution in [3.63, 3.8) is 0 Å². The van der Waals surface area contributed by atoms with Gasteiger partial charge in [0.25, 0.3) is 0 Å². The van der Waals surface area contributed by atoms with Gasteiger partial charge in [-0.3, -0.25) is 0 Å². The first-order valence-electron chi connectivity index (χ1n) is 4.97. The fourth-order valence-corrected chi connectivity index (χ4v) is 2.42. The zero-order valence-electron chi connectivity index (χ0n) is 8.59. The minimum atomic E-state index is -0.405. The Kier molecular flexibility index (Phi) is 2.70. The minimum Gasteiger partial charge on any atom is -0.206 e. The van der Waals surface area contributed by atoms with Gasteiger partial charge in [0, 0.05) is 4.90 Å². The first-order valence-corrected chi connectivity index (χ1v) is 6.19. The lowest BCUT2D eigenvalue weighted by Crippen LogP contribution is -2.32. The van der Waals surface area contributed by atoms with Gasteiger partial charge in [0.15, 0.2) is 0 Å². The van der Waals surface area contributed by atoms with Crippen LogP contribution in [0.5, 0.6) is 0 Å². The van der Waals surface area contributed by atoms with E-state index >= 15 is 0 Å². The van der Waals surface area contributed by atoms with Crippen molar-refractivity contribution in [2.24, 2.45) is 0 Å². The molecule has 1 fully saturated rings. The second kappa shape index (κ2) is 3.86.